The van der Waals surface area contributed by atoms with Crippen LogP contribution in [0, 0.1) is 0 Å². The van der Waals surface area contributed by atoms with Gasteiger partial charge in [-0.15, -0.1) is 0 Å². The Balaban J connectivity index is 2.47. The summed E-state index contributed by atoms with van der Waals surface area (Å²) in [5.74, 6) is 0.704. The Hall–Kier alpha value is -1.55. The van der Waals surface area contributed by atoms with E-state index in [2.05, 4.69) is 0 Å². The lowest BCUT2D eigenvalue weighted by Crippen LogP contribution is -2.42. The molecular formula is C14H20N2O2. The second kappa shape index (κ2) is 4.28. The van der Waals surface area contributed by atoms with Crippen molar-refractivity contribution in [1.82, 2.24) is 0 Å². The number of ether oxygens (including phenoxy) is 1. The summed E-state index contributed by atoms with van der Waals surface area (Å²) in [6.45, 7) is 5.80. The molecule has 0 saturated carbocycles. The molecule has 1 aliphatic rings. The molecule has 2 unspecified atom stereocenters. The predicted molar refractivity (Wildman–Crippen MR) is 71.8 cm³/mol. The fourth-order valence-corrected chi connectivity index (χ4v) is 2.07. The molecule has 0 spiro atoms. The van der Waals surface area contributed by atoms with Crippen molar-refractivity contribution in [2.24, 2.45) is 5.73 Å². The second-order valence-corrected chi connectivity index (χ2v) is 5.11. The number of benzene rings is 1. The van der Waals surface area contributed by atoms with Crippen molar-refractivity contribution in [2.75, 3.05) is 11.9 Å². The Morgan fingerprint density at radius 3 is 2.78 bits per heavy atom. The van der Waals surface area contributed by atoms with Crippen molar-refractivity contribution in [3.05, 3.63) is 23.8 Å². The topological polar surface area (TPSA) is 55.6 Å². The molecule has 0 aromatic heterocycles. The lowest BCUT2D eigenvalue weighted by molar-refractivity contribution is -0.125. The molecule has 0 radical (unpaired) electrons. The minimum atomic E-state index is -0.427. The average Bonchev–Trinajstić information content (AvgIpc) is 2.35. The fourth-order valence-electron chi connectivity index (χ4n) is 2.07. The number of amides is 1. The van der Waals surface area contributed by atoms with Crippen LogP contribution < -0.4 is 15.4 Å². The minimum Gasteiger partial charge on any atom is -0.479 e. The molecule has 98 valence electrons. The SMILES string of the molecule is CCC(C)(N)c1ccc2c(c1)N(C)C(=O)C(C)O2. The molecule has 2 rings (SSSR count). The Bertz CT molecular complexity index is 483. The van der Waals surface area contributed by atoms with E-state index in [1.54, 1.807) is 18.9 Å². The van der Waals surface area contributed by atoms with E-state index in [4.69, 9.17) is 10.5 Å². The van der Waals surface area contributed by atoms with E-state index < -0.39 is 6.10 Å². The summed E-state index contributed by atoms with van der Waals surface area (Å²) in [5, 5.41) is 0. The van der Waals surface area contributed by atoms with Gasteiger partial charge in [0.25, 0.3) is 5.91 Å². The van der Waals surface area contributed by atoms with Gasteiger partial charge < -0.3 is 15.4 Å². The number of hydrogen-bond donors (Lipinski definition) is 1. The molecule has 4 heteroatoms. The van der Waals surface area contributed by atoms with Crippen LogP contribution in [0.3, 0.4) is 0 Å². The van der Waals surface area contributed by atoms with Gasteiger partial charge in [0.05, 0.1) is 5.69 Å². The Labute approximate surface area is 108 Å². The molecule has 1 aliphatic heterocycles. The standard InChI is InChI=1S/C14H20N2O2/c1-5-14(3,15)10-6-7-12-11(8-10)16(4)13(17)9(2)18-12/h6-9H,5,15H2,1-4H3. The predicted octanol–water partition coefficient (Wildman–Crippen LogP) is 2.01. The van der Waals surface area contributed by atoms with E-state index in [1.807, 2.05) is 32.0 Å². The highest BCUT2D eigenvalue weighted by atomic mass is 16.5. The van der Waals surface area contributed by atoms with Gasteiger partial charge in [0, 0.05) is 12.6 Å². The summed E-state index contributed by atoms with van der Waals surface area (Å²) in [6, 6.07) is 5.81. The van der Waals surface area contributed by atoms with Crippen LogP contribution >= 0.6 is 0 Å². The zero-order valence-electron chi connectivity index (χ0n) is 11.4. The monoisotopic (exact) mass is 248 g/mol. The number of rotatable bonds is 2. The summed E-state index contributed by atoms with van der Waals surface area (Å²) in [5.41, 5.74) is 7.65. The van der Waals surface area contributed by atoms with Crippen LogP contribution in [0.25, 0.3) is 0 Å². The van der Waals surface area contributed by atoms with E-state index in [9.17, 15) is 4.79 Å². The smallest absolute Gasteiger partial charge is 0.267 e. The van der Waals surface area contributed by atoms with Gasteiger partial charge in [-0.25, -0.2) is 0 Å². The molecule has 2 N–H and O–H groups in total. The molecule has 0 fully saturated rings. The highest BCUT2D eigenvalue weighted by molar-refractivity contribution is 5.99. The lowest BCUT2D eigenvalue weighted by Gasteiger charge is -2.32. The van der Waals surface area contributed by atoms with E-state index in [0.717, 1.165) is 23.4 Å². The quantitative estimate of drug-likeness (QED) is 0.871. The first-order valence-corrected chi connectivity index (χ1v) is 6.24. The normalized spacial score (nSPS) is 22.2. The highest BCUT2D eigenvalue weighted by Gasteiger charge is 2.30. The first-order valence-electron chi connectivity index (χ1n) is 6.24. The number of fused-ring (bicyclic) bond motifs is 1. The van der Waals surface area contributed by atoms with Crippen LogP contribution in [-0.4, -0.2) is 19.1 Å². The molecule has 4 nitrogen and oxygen atoms in total. The number of nitrogens with zero attached hydrogens (tertiary/aromatic N) is 1. The van der Waals surface area contributed by atoms with Crippen LogP contribution in [0.15, 0.2) is 18.2 Å². The van der Waals surface area contributed by atoms with Crippen molar-refractivity contribution in [3.63, 3.8) is 0 Å². The second-order valence-electron chi connectivity index (χ2n) is 5.11. The van der Waals surface area contributed by atoms with Crippen molar-refractivity contribution < 1.29 is 9.53 Å². The van der Waals surface area contributed by atoms with Gasteiger partial charge in [-0.2, -0.15) is 0 Å². The van der Waals surface area contributed by atoms with Gasteiger partial charge in [0.15, 0.2) is 6.10 Å². The van der Waals surface area contributed by atoms with Crippen LogP contribution in [-0.2, 0) is 10.3 Å². The van der Waals surface area contributed by atoms with Gasteiger partial charge in [-0.1, -0.05) is 13.0 Å². The zero-order chi connectivity index (χ0) is 13.5. The van der Waals surface area contributed by atoms with Gasteiger partial charge in [0.1, 0.15) is 5.75 Å². The third-order valence-corrected chi connectivity index (χ3v) is 3.70. The summed E-state index contributed by atoms with van der Waals surface area (Å²) in [7, 11) is 1.77. The fraction of sp³-hybridized carbons (Fsp3) is 0.500. The van der Waals surface area contributed by atoms with Crippen LogP contribution in [0.5, 0.6) is 5.75 Å². The highest BCUT2D eigenvalue weighted by Crippen LogP contribution is 2.36. The average molecular weight is 248 g/mol. The van der Waals surface area contributed by atoms with E-state index >= 15 is 0 Å². The van der Waals surface area contributed by atoms with Gasteiger partial charge >= 0.3 is 0 Å². The van der Waals surface area contributed by atoms with Crippen molar-refractivity contribution >= 4 is 11.6 Å². The molecule has 1 aromatic rings. The number of nitrogens with two attached hydrogens (primary N) is 1. The third kappa shape index (κ3) is 1.97. The van der Waals surface area contributed by atoms with Crippen molar-refractivity contribution in [2.45, 2.75) is 38.8 Å². The van der Waals surface area contributed by atoms with Crippen molar-refractivity contribution in [3.8, 4) is 5.75 Å². The first kappa shape index (κ1) is 12.9. The van der Waals surface area contributed by atoms with Crippen LogP contribution in [0.4, 0.5) is 5.69 Å². The molecule has 1 heterocycles. The summed E-state index contributed by atoms with van der Waals surface area (Å²) >= 11 is 0. The Kier molecular flexibility index (Phi) is 3.07. The molecule has 1 aromatic carbocycles. The zero-order valence-corrected chi connectivity index (χ0v) is 11.4. The molecule has 18 heavy (non-hydrogen) atoms. The van der Waals surface area contributed by atoms with Gasteiger partial charge in [-0.3, -0.25) is 4.79 Å². The molecule has 2 atom stereocenters. The summed E-state index contributed by atoms with van der Waals surface area (Å²) < 4.78 is 5.58. The number of hydrogen-bond acceptors (Lipinski definition) is 3. The number of likely N-dealkylation sites (N-methyl/N-ethyl adjacent to an activating group) is 1. The van der Waals surface area contributed by atoms with Crippen molar-refractivity contribution in [1.29, 1.82) is 0 Å². The van der Waals surface area contributed by atoms with E-state index in [0.29, 0.717) is 0 Å². The maximum atomic E-state index is 11.9. The van der Waals surface area contributed by atoms with E-state index in [-0.39, 0.29) is 11.4 Å². The number of anilines is 1. The van der Waals surface area contributed by atoms with E-state index in [1.165, 1.54) is 0 Å². The largest absolute Gasteiger partial charge is 0.479 e. The lowest BCUT2D eigenvalue weighted by atomic mass is 9.90. The molecule has 0 aliphatic carbocycles. The molecular weight excluding hydrogens is 228 g/mol. The number of carbonyl (C=O) groups is 1. The Morgan fingerprint density at radius 1 is 1.50 bits per heavy atom. The van der Waals surface area contributed by atoms with Crippen LogP contribution in [0.1, 0.15) is 32.8 Å². The van der Waals surface area contributed by atoms with Gasteiger partial charge in [0.2, 0.25) is 0 Å². The number of carbonyl (C=O) groups excluding carboxylic acids is 1. The van der Waals surface area contributed by atoms with Gasteiger partial charge in [-0.05, 0) is 38.0 Å². The third-order valence-electron chi connectivity index (χ3n) is 3.70. The molecule has 0 bridgehead atoms. The minimum absolute atomic E-state index is 0.0325. The first-order chi connectivity index (χ1) is 8.36. The maximum Gasteiger partial charge on any atom is 0.267 e. The maximum absolute atomic E-state index is 11.9. The summed E-state index contributed by atoms with van der Waals surface area (Å²) in [4.78, 5) is 13.5. The summed E-state index contributed by atoms with van der Waals surface area (Å²) in [6.07, 6.45) is 0.407. The Morgan fingerprint density at radius 2 is 2.17 bits per heavy atom. The molecule has 0 saturated heterocycles. The molecule has 1 amide bonds. The van der Waals surface area contributed by atoms with Crippen LogP contribution in [0.2, 0.25) is 0 Å².